The molecule has 0 bridgehead atoms. The molecule has 0 radical (unpaired) electrons. The van der Waals surface area contributed by atoms with E-state index in [0.29, 0.717) is 17.8 Å². The van der Waals surface area contributed by atoms with E-state index in [-0.39, 0.29) is 5.69 Å². The molecule has 0 saturated carbocycles. The predicted molar refractivity (Wildman–Crippen MR) is 79.9 cm³/mol. The van der Waals surface area contributed by atoms with Crippen LogP contribution in [0.25, 0.3) is 16.9 Å². The SMILES string of the molecule is Cc1ccc2nc(-c3cccc([N+](=O)[O-])c3)c(CN)n2c1. The van der Waals surface area contributed by atoms with Crippen LogP contribution in [0.3, 0.4) is 0 Å². The zero-order valence-electron chi connectivity index (χ0n) is 11.5. The molecule has 0 spiro atoms. The summed E-state index contributed by atoms with van der Waals surface area (Å²) in [4.78, 5) is 15.1. The number of nitrogens with two attached hydrogens (primary N) is 1. The van der Waals surface area contributed by atoms with Gasteiger partial charge in [0.2, 0.25) is 0 Å². The number of pyridine rings is 1. The van der Waals surface area contributed by atoms with Crippen molar-refractivity contribution >= 4 is 11.3 Å². The average Bonchev–Trinajstić information content (AvgIpc) is 2.85. The Balaban J connectivity index is 2.24. The number of fused-ring (bicyclic) bond motifs is 1. The van der Waals surface area contributed by atoms with Gasteiger partial charge in [0.25, 0.3) is 5.69 Å². The van der Waals surface area contributed by atoms with Gasteiger partial charge in [0.1, 0.15) is 5.65 Å². The van der Waals surface area contributed by atoms with E-state index in [4.69, 9.17) is 5.73 Å². The fraction of sp³-hybridized carbons (Fsp3) is 0.133. The molecule has 0 amide bonds. The van der Waals surface area contributed by atoms with Gasteiger partial charge in [0, 0.05) is 30.4 Å². The number of aryl methyl sites for hydroxylation is 1. The minimum absolute atomic E-state index is 0.0451. The van der Waals surface area contributed by atoms with Crippen molar-refractivity contribution in [1.29, 1.82) is 0 Å². The van der Waals surface area contributed by atoms with Gasteiger partial charge in [-0.25, -0.2) is 4.98 Å². The Morgan fingerprint density at radius 3 is 2.86 bits per heavy atom. The molecule has 0 atom stereocenters. The van der Waals surface area contributed by atoms with Gasteiger partial charge in [-0.1, -0.05) is 18.2 Å². The van der Waals surface area contributed by atoms with Crippen LogP contribution in [0, 0.1) is 17.0 Å². The van der Waals surface area contributed by atoms with Gasteiger partial charge in [0.15, 0.2) is 0 Å². The number of imidazole rings is 1. The zero-order chi connectivity index (χ0) is 15.0. The lowest BCUT2D eigenvalue weighted by Gasteiger charge is -2.03. The second kappa shape index (κ2) is 4.99. The van der Waals surface area contributed by atoms with Gasteiger partial charge in [-0.05, 0) is 18.6 Å². The Bertz CT molecular complexity index is 839. The summed E-state index contributed by atoms with van der Waals surface area (Å²) in [5.41, 5.74) is 10.0. The topological polar surface area (TPSA) is 86.5 Å². The van der Waals surface area contributed by atoms with Crippen LogP contribution in [0.15, 0.2) is 42.6 Å². The Morgan fingerprint density at radius 1 is 1.33 bits per heavy atom. The molecule has 106 valence electrons. The number of non-ortho nitro benzene ring substituents is 1. The standard InChI is InChI=1S/C15H14N4O2/c1-10-5-6-14-17-15(13(8-16)18(14)9-10)11-3-2-4-12(7-11)19(20)21/h2-7,9H,8,16H2,1H3. The summed E-state index contributed by atoms with van der Waals surface area (Å²) in [7, 11) is 0. The lowest BCUT2D eigenvalue weighted by atomic mass is 10.1. The maximum atomic E-state index is 10.9. The molecule has 21 heavy (non-hydrogen) atoms. The van der Waals surface area contributed by atoms with Crippen LogP contribution in [0.4, 0.5) is 5.69 Å². The molecule has 1 aromatic carbocycles. The third kappa shape index (κ3) is 2.25. The number of nitro benzene ring substituents is 1. The highest BCUT2D eigenvalue weighted by atomic mass is 16.6. The van der Waals surface area contributed by atoms with Gasteiger partial charge in [0.05, 0.1) is 16.3 Å². The highest BCUT2D eigenvalue weighted by molar-refractivity contribution is 5.68. The smallest absolute Gasteiger partial charge is 0.270 e. The van der Waals surface area contributed by atoms with Crippen molar-refractivity contribution in [3.63, 3.8) is 0 Å². The molecule has 0 saturated heterocycles. The number of hydrogen-bond acceptors (Lipinski definition) is 4. The van der Waals surface area contributed by atoms with Gasteiger partial charge in [-0.3, -0.25) is 10.1 Å². The van der Waals surface area contributed by atoms with E-state index in [1.54, 1.807) is 12.1 Å². The van der Waals surface area contributed by atoms with Crippen LogP contribution in [0.1, 0.15) is 11.3 Å². The Morgan fingerprint density at radius 2 is 2.14 bits per heavy atom. The lowest BCUT2D eigenvalue weighted by Crippen LogP contribution is -2.02. The van der Waals surface area contributed by atoms with Crippen molar-refractivity contribution in [3.8, 4) is 11.3 Å². The lowest BCUT2D eigenvalue weighted by molar-refractivity contribution is -0.384. The van der Waals surface area contributed by atoms with Crippen molar-refractivity contribution in [2.24, 2.45) is 5.73 Å². The maximum absolute atomic E-state index is 10.9. The van der Waals surface area contributed by atoms with E-state index >= 15 is 0 Å². The number of nitro groups is 1. The molecular formula is C15H14N4O2. The molecule has 0 fully saturated rings. The first kappa shape index (κ1) is 13.3. The van der Waals surface area contributed by atoms with Crippen LogP contribution in [-0.2, 0) is 6.54 Å². The zero-order valence-corrected chi connectivity index (χ0v) is 11.5. The van der Waals surface area contributed by atoms with Crippen molar-refractivity contribution in [1.82, 2.24) is 9.38 Å². The summed E-state index contributed by atoms with van der Waals surface area (Å²) >= 11 is 0. The van der Waals surface area contributed by atoms with E-state index in [0.717, 1.165) is 16.9 Å². The first-order valence-electron chi connectivity index (χ1n) is 6.52. The summed E-state index contributed by atoms with van der Waals surface area (Å²) in [6.07, 6.45) is 1.96. The van der Waals surface area contributed by atoms with Crippen LogP contribution < -0.4 is 5.73 Å². The fourth-order valence-corrected chi connectivity index (χ4v) is 2.39. The van der Waals surface area contributed by atoms with Gasteiger partial charge < -0.3 is 10.1 Å². The van der Waals surface area contributed by atoms with E-state index in [1.807, 2.05) is 29.7 Å². The summed E-state index contributed by atoms with van der Waals surface area (Å²) in [6.45, 7) is 2.30. The second-order valence-electron chi connectivity index (χ2n) is 4.85. The number of rotatable bonds is 3. The average molecular weight is 282 g/mol. The molecule has 2 heterocycles. The van der Waals surface area contributed by atoms with E-state index in [2.05, 4.69) is 4.98 Å². The minimum atomic E-state index is -0.411. The number of benzene rings is 1. The Labute approximate surface area is 121 Å². The molecule has 6 heteroatoms. The first-order valence-corrected chi connectivity index (χ1v) is 6.52. The molecule has 2 N–H and O–H groups in total. The molecule has 3 rings (SSSR count). The summed E-state index contributed by atoms with van der Waals surface area (Å²) in [5.74, 6) is 0. The molecule has 0 aliphatic rings. The van der Waals surface area contributed by atoms with E-state index in [1.165, 1.54) is 12.1 Å². The number of nitrogens with zero attached hydrogens (tertiary/aromatic N) is 3. The number of hydrogen-bond donors (Lipinski definition) is 1. The quantitative estimate of drug-likeness (QED) is 0.591. The predicted octanol–water partition coefficient (Wildman–Crippen LogP) is 2.68. The van der Waals surface area contributed by atoms with Crippen LogP contribution in [0.2, 0.25) is 0 Å². The van der Waals surface area contributed by atoms with Crippen molar-refractivity contribution < 1.29 is 4.92 Å². The molecule has 2 aromatic heterocycles. The maximum Gasteiger partial charge on any atom is 0.270 e. The molecular weight excluding hydrogens is 268 g/mol. The molecule has 0 unspecified atom stereocenters. The Hall–Kier alpha value is -2.73. The van der Waals surface area contributed by atoms with Gasteiger partial charge >= 0.3 is 0 Å². The van der Waals surface area contributed by atoms with Crippen molar-refractivity contribution in [2.45, 2.75) is 13.5 Å². The molecule has 0 aliphatic carbocycles. The fourth-order valence-electron chi connectivity index (χ4n) is 2.39. The second-order valence-corrected chi connectivity index (χ2v) is 4.85. The molecule has 0 aliphatic heterocycles. The third-order valence-electron chi connectivity index (χ3n) is 3.39. The van der Waals surface area contributed by atoms with E-state index < -0.39 is 4.92 Å². The van der Waals surface area contributed by atoms with Crippen LogP contribution >= 0.6 is 0 Å². The van der Waals surface area contributed by atoms with Gasteiger partial charge in [-0.2, -0.15) is 0 Å². The minimum Gasteiger partial charge on any atom is -0.325 e. The largest absolute Gasteiger partial charge is 0.325 e. The van der Waals surface area contributed by atoms with Crippen molar-refractivity contribution in [2.75, 3.05) is 0 Å². The third-order valence-corrected chi connectivity index (χ3v) is 3.39. The van der Waals surface area contributed by atoms with E-state index in [9.17, 15) is 10.1 Å². The molecule has 6 nitrogen and oxygen atoms in total. The summed E-state index contributed by atoms with van der Waals surface area (Å²) < 4.78 is 1.93. The summed E-state index contributed by atoms with van der Waals surface area (Å²) in [5, 5.41) is 10.9. The normalized spacial score (nSPS) is 11.0. The Kier molecular flexibility index (Phi) is 3.15. The highest BCUT2D eigenvalue weighted by Gasteiger charge is 2.15. The number of aromatic nitrogens is 2. The van der Waals surface area contributed by atoms with Crippen LogP contribution in [-0.4, -0.2) is 14.3 Å². The highest BCUT2D eigenvalue weighted by Crippen LogP contribution is 2.27. The molecule has 3 aromatic rings. The van der Waals surface area contributed by atoms with Gasteiger partial charge in [-0.15, -0.1) is 0 Å². The monoisotopic (exact) mass is 282 g/mol. The first-order chi connectivity index (χ1) is 10.1. The summed E-state index contributed by atoms with van der Waals surface area (Å²) in [6, 6.07) is 10.3. The van der Waals surface area contributed by atoms with Crippen LogP contribution in [0.5, 0.6) is 0 Å². The van der Waals surface area contributed by atoms with Crippen molar-refractivity contribution in [3.05, 3.63) is 64.0 Å².